The fourth-order valence-corrected chi connectivity index (χ4v) is 3.62. The van der Waals surface area contributed by atoms with E-state index in [2.05, 4.69) is 63.7 Å². The summed E-state index contributed by atoms with van der Waals surface area (Å²) in [5.41, 5.74) is 9.17. The number of phenols is 1. The summed E-state index contributed by atoms with van der Waals surface area (Å²) in [5.74, 6) is 0.303. The Bertz CT molecular complexity index is 1030. The van der Waals surface area contributed by atoms with Gasteiger partial charge in [0, 0.05) is 5.57 Å². The van der Waals surface area contributed by atoms with Gasteiger partial charge in [-0.3, -0.25) is 4.79 Å². The summed E-state index contributed by atoms with van der Waals surface area (Å²) in [4.78, 5) is 9.48. The molecule has 0 saturated heterocycles. The van der Waals surface area contributed by atoms with E-state index in [4.69, 9.17) is 5.11 Å². The number of phenolic OH excluding ortho intramolecular Hbond substituents is 1. The molecule has 0 fully saturated rings. The van der Waals surface area contributed by atoms with Gasteiger partial charge in [-0.25, -0.2) is 0 Å². The van der Waals surface area contributed by atoms with Crippen LogP contribution in [-0.4, -0.2) is 23.1 Å². The van der Waals surface area contributed by atoms with Crippen molar-refractivity contribution in [3.05, 3.63) is 89.5 Å². The molecule has 0 saturated carbocycles. The lowest BCUT2D eigenvalue weighted by Gasteiger charge is -2.12. The van der Waals surface area contributed by atoms with Crippen molar-refractivity contribution in [2.24, 2.45) is 0 Å². The van der Waals surface area contributed by atoms with Gasteiger partial charge in [0.1, 0.15) is 12.0 Å². The number of carbonyl (C=O) groups excluding carboxylic acids is 1. The number of aliphatic hydroxyl groups is 1. The summed E-state index contributed by atoms with van der Waals surface area (Å²) >= 11 is 0. The van der Waals surface area contributed by atoms with E-state index in [0.29, 0.717) is 12.0 Å². The van der Waals surface area contributed by atoms with Gasteiger partial charge in [0.15, 0.2) is 0 Å². The minimum absolute atomic E-state index is 0.218. The Morgan fingerprint density at radius 1 is 0.875 bits per heavy atom. The highest BCUT2D eigenvalue weighted by Gasteiger charge is 2.07. The first kappa shape index (κ1) is 25.1. The van der Waals surface area contributed by atoms with Crippen molar-refractivity contribution in [1.82, 2.24) is 0 Å². The van der Waals surface area contributed by atoms with Crippen LogP contribution in [-0.2, 0) is 11.2 Å². The van der Waals surface area contributed by atoms with Crippen LogP contribution in [0.1, 0.15) is 42.9 Å². The smallest absolute Gasteiger partial charge is 0.147 e. The van der Waals surface area contributed by atoms with E-state index < -0.39 is 0 Å². The van der Waals surface area contributed by atoms with E-state index >= 15 is 0 Å². The van der Waals surface area contributed by atoms with E-state index in [9.17, 15) is 9.90 Å². The third-order valence-electron chi connectivity index (χ3n) is 5.45. The molecule has 0 aliphatic carbocycles. The normalized spacial score (nSPS) is 10.2. The third kappa shape index (κ3) is 7.21. The van der Waals surface area contributed by atoms with Crippen molar-refractivity contribution >= 4 is 6.29 Å². The van der Waals surface area contributed by atoms with Crippen LogP contribution in [0.3, 0.4) is 0 Å². The third-order valence-corrected chi connectivity index (χ3v) is 5.45. The highest BCUT2D eigenvalue weighted by atomic mass is 16.3. The van der Waals surface area contributed by atoms with Gasteiger partial charge in [0.25, 0.3) is 0 Å². The van der Waals surface area contributed by atoms with E-state index in [-0.39, 0.29) is 12.2 Å². The predicted octanol–water partition coefficient (Wildman–Crippen LogP) is 6.81. The van der Waals surface area contributed by atoms with Crippen LogP contribution < -0.4 is 0 Å². The highest BCUT2D eigenvalue weighted by molar-refractivity contribution is 5.75. The summed E-state index contributed by atoms with van der Waals surface area (Å²) in [7, 11) is 0. The van der Waals surface area contributed by atoms with Gasteiger partial charge in [0.2, 0.25) is 0 Å². The number of aryl methyl sites for hydroxylation is 3. The van der Waals surface area contributed by atoms with Crippen molar-refractivity contribution in [2.75, 3.05) is 6.61 Å². The van der Waals surface area contributed by atoms with Crippen LogP contribution in [0.5, 0.6) is 5.75 Å². The van der Waals surface area contributed by atoms with Crippen molar-refractivity contribution in [1.29, 1.82) is 0 Å². The first-order valence-corrected chi connectivity index (χ1v) is 11.1. The molecule has 168 valence electrons. The van der Waals surface area contributed by atoms with Gasteiger partial charge in [-0.15, -0.1) is 0 Å². The van der Waals surface area contributed by atoms with Crippen LogP contribution in [0.2, 0.25) is 0 Å². The predicted molar refractivity (Wildman–Crippen MR) is 134 cm³/mol. The lowest BCUT2D eigenvalue weighted by molar-refractivity contribution is -0.105. The van der Waals surface area contributed by atoms with Gasteiger partial charge in [-0.1, -0.05) is 74.9 Å². The molecule has 3 aromatic carbocycles. The quantitative estimate of drug-likeness (QED) is 0.234. The van der Waals surface area contributed by atoms with Crippen LogP contribution in [0.15, 0.2) is 72.8 Å². The van der Waals surface area contributed by atoms with Gasteiger partial charge >= 0.3 is 0 Å². The second-order valence-electron chi connectivity index (χ2n) is 8.12. The maximum atomic E-state index is 9.49. The molecule has 3 rings (SSSR count). The largest absolute Gasteiger partial charge is 0.508 e. The Hall–Kier alpha value is -3.17. The molecule has 0 amide bonds. The number of carbonyl (C=O) groups is 1. The number of aldehydes is 1. The average molecular weight is 431 g/mol. The van der Waals surface area contributed by atoms with Crippen molar-refractivity contribution in [2.45, 2.75) is 46.5 Å². The maximum absolute atomic E-state index is 9.49. The maximum Gasteiger partial charge on any atom is 0.147 e. The number of hydrogen-bond donors (Lipinski definition) is 2. The fourth-order valence-electron chi connectivity index (χ4n) is 3.62. The second-order valence-corrected chi connectivity index (χ2v) is 8.12. The molecule has 0 atom stereocenters. The van der Waals surface area contributed by atoms with Crippen LogP contribution in [0, 0.1) is 13.8 Å². The summed E-state index contributed by atoms with van der Waals surface area (Å²) in [6, 6.07) is 21.0. The van der Waals surface area contributed by atoms with Gasteiger partial charge in [-0.2, -0.15) is 0 Å². The van der Waals surface area contributed by atoms with Gasteiger partial charge in [-0.05, 0) is 77.8 Å². The Morgan fingerprint density at radius 2 is 1.47 bits per heavy atom. The second kappa shape index (κ2) is 12.6. The molecule has 3 heteroatoms. The van der Waals surface area contributed by atoms with Gasteiger partial charge < -0.3 is 10.2 Å². The molecule has 0 radical (unpaired) electrons. The number of hydrogen-bond acceptors (Lipinski definition) is 3. The molecule has 2 N–H and O–H groups in total. The molecule has 0 spiro atoms. The molecule has 0 aromatic heterocycles. The lowest BCUT2D eigenvalue weighted by atomic mass is 9.92. The standard InChI is InChI=1S/C25H28O.C4H6O2/c1-4-5-6-7-20-8-14-25(18(2)16-20)22-11-15-24(19(3)17-22)21-9-12-23(26)13-10-21;1-4(2-5)3-6/h8-17,26H,4-7H2,1-3H3;2,6H,1,3H2. The SMILES string of the molecule is C=C(C=O)CO.CCCCCc1ccc(-c2ccc(-c3ccc(O)cc3)c(C)c2)c(C)c1. The zero-order valence-corrected chi connectivity index (χ0v) is 19.4. The molecular weight excluding hydrogens is 396 g/mol. The topological polar surface area (TPSA) is 57.5 Å². The molecule has 0 unspecified atom stereocenters. The molecule has 0 aliphatic heterocycles. The summed E-state index contributed by atoms with van der Waals surface area (Å²) in [5, 5.41) is 17.5. The lowest BCUT2D eigenvalue weighted by Crippen LogP contribution is -1.91. The number of benzene rings is 3. The van der Waals surface area contributed by atoms with Gasteiger partial charge in [0.05, 0.1) is 6.61 Å². The first-order chi connectivity index (χ1) is 15.4. The molecular formula is C29H34O3. The van der Waals surface area contributed by atoms with E-state index in [0.717, 1.165) is 5.56 Å². The zero-order valence-electron chi connectivity index (χ0n) is 19.4. The fraction of sp³-hybridized carbons (Fsp3) is 0.276. The monoisotopic (exact) mass is 430 g/mol. The van der Waals surface area contributed by atoms with Crippen molar-refractivity contribution in [3.63, 3.8) is 0 Å². The van der Waals surface area contributed by atoms with Crippen molar-refractivity contribution < 1.29 is 15.0 Å². The number of aliphatic hydroxyl groups excluding tert-OH is 1. The molecule has 32 heavy (non-hydrogen) atoms. The molecule has 0 aliphatic rings. The first-order valence-electron chi connectivity index (χ1n) is 11.1. The van der Waals surface area contributed by atoms with Crippen LogP contribution in [0.25, 0.3) is 22.3 Å². The number of aromatic hydroxyl groups is 1. The highest BCUT2D eigenvalue weighted by Crippen LogP contribution is 2.31. The van der Waals surface area contributed by atoms with Crippen LogP contribution >= 0.6 is 0 Å². The summed E-state index contributed by atoms with van der Waals surface area (Å²) in [6.45, 7) is 9.55. The Balaban J connectivity index is 0.000000534. The number of rotatable bonds is 8. The Morgan fingerprint density at radius 3 is 2.00 bits per heavy atom. The van der Waals surface area contributed by atoms with E-state index in [1.54, 1.807) is 12.1 Å². The minimum Gasteiger partial charge on any atom is -0.508 e. The Labute approximate surface area is 192 Å². The van der Waals surface area contributed by atoms with E-state index in [1.807, 2.05) is 12.1 Å². The Kier molecular flexibility index (Phi) is 9.90. The summed E-state index contributed by atoms with van der Waals surface area (Å²) < 4.78 is 0. The van der Waals surface area contributed by atoms with Crippen LogP contribution in [0.4, 0.5) is 0 Å². The van der Waals surface area contributed by atoms with Crippen molar-refractivity contribution in [3.8, 4) is 28.0 Å². The molecule has 3 nitrogen and oxygen atoms in total. The zero-order chi connectivity index (χ0) is 23.5. The number of unbranched alkanes of at least 4 members (excludes halogenated alkanes) is 2. The van der Waals surface area contributed by atoms with E-state index in [1.165, 1.54) is 59.1 Å². The molecule has 3 aromatic rings. The minimum atomic E-state index is -0.233. The molecule has 0 heterocycles. The average Bonchev–Trinajstić information content (AvgIpc) is 2.80. The molecule has 0 bridgehead atoms. The summed E-state index contributed by atoms with van der Waals surface area (Å²) in [6.07, 6.45) is 5.55.